The third-order valence-electron chi connectivity index (χ3n) is 5.07. The molecule has 2 rings (SSSR count). The Morgan fingerprint density at radius 2 is 2.00 bits per heavy atom. The lowest BCUT2D eigenvalue weighted by Crippen LogP contribution is -2.49. The van der Waals surface area contributed by atoms with Crippen LogP contribution in [0.1, 0.15) is 51.9 Å². The number of piperidine rings is 1. The van der Waals surface area contributed by atoms with Gasteiger partial charge in [-0.2, -0.15) is 0 Å². The quantitative estimate of drug-likeness (QED) is 0.842. The topological polar surface area (TPSA) is 66.5 Å². The molecule has 0 spiro atoms. The molecule has 5 nitrogen and oxygen atoms in total. The number of carbonyl (C=O) groups excluding carboxylic acids is 1. The standard InChI is InChI=1S/C16H28N2O3S/c1-3-22(20,21)17-12-14-8-7-11-18(13-14)15(19)16(2)9-5-4-6-10-16/h3,14,17H,1,4-13H2,2H3/t14-/m1/s1. The lowest BCUT2D eigenvalue weighted by Gasteiger charge is -2.40. The first-order valence-electron chi connectivity index (χ1n) is 8.28. The molecule has 2 fully saturated rings. The highest BCUT2D eigenvalue weighted by molar-refractivity contribution is 7.92. The van der Waals surface area contributed by atoms with Crippen LogP contribution in [0.25, 0.3) is 0 Å². The van der Waals surface area contributed by atoms with Crippen molar-refractivity contribution < 1.29 is 13.2 Å². The van der Waals surface area contributed by atoms with E-state index in [0.717, 1.165) is 50.5 Å². The predicted molar refractivity (Wildman–Crippen MR) is 87.6 cm³/mol. The number of rotatable bonds is 5. The smallest absolute Gasteiger partial charge is 0.233 e. The highest BCUT2D eigenvalue weighted by Crippen LogP contribution is 2.38. The van der Waals surface area contributed by atoms with E-state index in [9.17, 15) is 13.2 Å². The Bertz CT molecular complexity index is 509. The third kappa shape index (κ3) is 4.32. The molecule has 126 valence electrons. The molecule has 1 amide bonds. The fourth-order valence-electron chi connectivity index (χ4n) is 3.64. The second kappa shape index (κ2) is 7.13. The van der Waals surface area contributed by atoms with Crippen LogP contribution in [0, 0.1) is 11.3 Å². The minimum Gasteiger partial charge on any atom is -0.342 e. The van der Waals surface area contributed by atoms with Crippen LogP contribution in [0.5, 0.6) is 0 Å². The normalized spacial score (nSPS) is 25.7. The lowest BCUT2D eigenvalue weighted by atomic mass is 9.74. The summed E-state index contributed by atoms with van der Waals surface area (Å²) in [5.74, 6) is 0.461. The number of carbonyl (C=O) groups is 1. The van der Waals surface area contributed by atoms with Gasteiger partial charge in [0.15, 0.2) is 0 Å². The summed E-state index contributed by atoms with van der Waals surface area (Å²) >= 11 is 0. The van der Waals surface area contributed by atoms with Gasteiger partial charge in [0, 0.05) is 30.5 Å². The second-order valence-corrected chi connectivity index (χ2v) is 8.65. The molecule has 1 saturated heterocycles. The van der Waals surface area contributed by atoms with Gasteiger partial charge in [0.05, 0.1) is 0 Å². The van der Waals surface area contributed by atoms with Crippen LogP contribution in [0.2, 0.25) is 0 Å². The summed E-state index contributed by atoms with van der Waals surface area (Å²) in [7, 11) is -3.38. The molecule has 22 heavy (non-hydrogen) atoms. The minimum atomic E-state index is -3.38. The summed E-state index contributed by atoms with van der Waals surface area (Å²) in [5.41, 5.74) is -0.208. The average molecular weight is 328 g/mol. The molecule has 0 aromatic carbocycles. The fraction of sp³-hybridized carbons (Fsp3) is 0.812. The van der Waals surface area contributed by atoms with Crippen LogP contribution in [0.4, 0.5) is 0 Å². The van der Waals surface area contributed by atoms with Crippen molar-refractivity contribution in [3.8, 4) is 0 Å². The monoisotopic (exact) mass is 328 g/mol. The average Bonchev–Trinajstić information content (AvgIpc) is 2.53. The number of likely N-dealkylation sites (tertiary alicyclic amines) is 1. The van der Waals surface area contributed by atoms with Crippen LogP contribution >= 0.6 is 0 Å². The molecule has 1 aliphatic heterocycles. The number of hydrogen-bond donors (Lipinski definition) is 1. The Labute approximate surface area is 134 Å². The number of nitrogens with zero attached hydrogens (tertiary/aromatic N) is 1. The van der Waals surface area contributed by atoms with Crippen LogP contribution in [0.3, 0.4) is 0 Å². The van der Waals surface area contributed by atoms with Crippen molar-refractivity contribution in [1.29, 1.82) is 0 Å². The molecule has 2 aliphatic rings. The van der Waals surface area contributed by atoms with Gasteiger partial charge in [-0.05, 0) is 31.6 Å². The molecule has 1 N–H and O–H groups in total. The third-order valence-corrected chi connectivity index (χ3v) is 6.08. The molecule has 1 atom stereocenters. The van der Waals surface area contributed by atoms with E-state index in [2.05, 4.69) is 18.2 Å². The molecule has 1 saturated carbocycles. The van der Waals surface area contributed by atoms with Gasteiger partial charge in [-0.1, -0.05) is 32.8 Å². The fourth-order valence-corrected chi connectivity index (χ4v) is 4.22. The minimum absolute atomic E-state index is 0.194. The Balaban J connectivity index is 1.92. The number of hydrogen-bond acceptors (Lipinski definition) is 3. The van der Waals surface area contributed by atoms with E-state index in [-0.39, 0.29) is 17.2 Å². The van der Waals surface area contributed by atoms with Gasteiger partial charge in [-0.3, -0.25) is 4.79 Å². The maximum Gasteiger partial charge on any atom is 0.233 e. The SMILES string of the molecule is C=CS(=O)(=O)NC[C@H]1CCCN(C(=O)C2(C)CCCCC2)C1. The predicted octanol–water partition coefficient (Wildman–Crippen LogP) is 2.26. The van der Waals surface area contributed by atoms with Crippen LogP contribution in [0.15, 0.2) is 12.0 Å². The number of nitrogens with one attached hydrogen (secondary N) is 1. The van der Waals surface area contributed by atoms with Crippen molar-refractivity contribution in [1.82, 2.24) is 9.62 Å². The van der Waals surface area contributed by atoms with Gasteiger partial charge in [0.2, 0.25) is 15.9 Å². The molecule has 0 bridgehead atoms. The van der Waals surface area contributed by atoms with Gasteiger partial charge >= 0.3 is 0 Å². The van der Waals surface area contributed by atoms with E-state index < -0.39 is 10.0 Å². The highest BCUT2D eigenvalue weighted by atomic mass is 32.2. The molecule has 0 unspecified atom stereocenters. The number of amides is 1. The van der Waals surface area contributed by atoms with Crippen molar-refractivity contribution in [3.05, 3.63) is 12.0 Å². The summed E-state index contributed by atoms with van der Waals surface area (Å²) in [6, 6.07) is 0. The van der Waals surface area contributed by atoms with E-state index in [4.69, 9.17) is 0 Å². The van der Waals surface area contributed by atoms with Gasteiger partial charge in [0.1, 0.15) is 0 Å². The molecule has 6 heteroatoms. The van der Waals surface area contributed by atoms with Crippen LogP contribution in [-0.4, -0.2) is 38.9 Å². The largest absolute Gasteiger partial charge is 0.342 e. The van der Waals surface area contributed by atoms with Crippen molar-refractivity contribution in [2.24, 2.45) is 11.3 Å². The Hall–Kier alpha value is -0.880. The van der Waals surface area contributed by atoms with Crippen molar-refractivity contribution in [3.63, 3.8) is 0 Å². The van der Waals surface area contributed by atoms with Crippen LogP contribution in [-0.2, 0) is 14.8 Å². The lowest BCUT2D eigenvalue weighted by molar-refractivity contribution is -0.145. The second-order valence-electron chi connectivity index (χ2n) is 6.94. The van der Waals surface area contributed by atoms with E-state index >= 15 is 0 Å². The molecule has 1 heterocycles. The summed E-state index contributed by atoms with van der Waals surface area (Å²) in [5, 5.41) is 0.932. The maximum atomic E-state index is 12.8. The molecule has 0 radical (unpaired) electrons. The molecule has 0 aromatic heterocycles. The molecule has 0 aromatic rings. The summed E-state index contributed by atoms with van der Waals surface area (Å²) in [4.78, 5) is 14.8. The van der Waals surface area contributed by atoms with E-state index in [1.165, 1.54) is 6.42 Å². The van der Waals surface area contributed by atoms with Gasteiger partial charge in [-0.25, -0.2) is 13.1 Å². The molecule has 1 aliphatic carbocycles. The highest BCUT2D eigenvalue weighted by Gasteiger charge is 2.38. The first-order chi connectivity index (χ1) is 10.4. The Morgan fingerprint density at radius 3 is 2.64 bits per heavy atom. The molecular formula is C16H28N2O3S. The van der Waals surface area contributed by atoms with Crippen molar-refractivity contribution >= 4 is 15.9 Å². The van der Waals surface area contributed by atoms with Crippen LogP contribution < -0.4 is 4.72 Å². The van der Waals surface area contributed by atoms with E-state index in [1.54, 1.807) is 0 Å². The number of sulfonamides is 1. The van der Waals surface area contributed by atoms with Gasteiger partial charge in [0.25, 0.3) is 0 Å². The summed E-state index contributed by atoms with van der Waals surface area (Å²) in [6.07, 6.45) is 7.38. The van der Waals surface area contributed by atoms with Crippen molar-refractivity contribution in [2.45, 2.75) is 51.9 Å². The Morgan fingerprint density at radius 1 is 1.32 bits per heavy atom. The first-order valence-corrected chi connectivity index (χ1v) is 9.82. The zero-order valence-corrected chi connectivity index (χ0v) is 14.3. The summed E-state index contributed by atoms with van der Waals surface area (Å²) < 4.78 is 25.4. The van der Waals surface area contributed by atoms with E-state index in [1.807, 2.05) is 4.90 Å². The Kier molecular flexibility index (Phi) is 5.66. The van der Waals surface area contributed by atoms with Crippen molar-refractivity contribution in [2.75, 3.05) is 19.6 Å². The zero-order chi connectivity index (χ0) is 16.2. The van der Waals surface area contributed by atoms with E-state index in [0.29, 0.717) is 13.1 Å². The summed E-state index contributed by atoms with van der Waals surface area (Å²) in [6.45, 7) is 7.24. The van der Waals surface area contributed by atoms with Gasteiger partial charge < -0.3 is 4.90 Å². The zero-order valence-electron chi connectivity index (χ0n) is 13.5. The molecular weight excluding hydrogens is 300 g/mol. The maximum absolute atomic E-state index is 12.8. The first kappa shape index (κ1) is 17.5. The van der Waals surface area contributed by atoms with Gasteiger partial charge in [-0.15, -0.1) is 0 Å².